The van der Waals surface area contributed by atoms with Gasteiger partial charge in [-0.3, -0.25) is 4.57 Å². The molecule has 160 valence electrons. The number of aromatic nitrogens is 6. The molecule has 5 heterocycles. The highest BCUT2D eigenvalue weighted by atomic mass is 16.5. The van der Waals surface area contributed by atoms with Gasteiger partial charge in [-0.05, 0) is 12.1 Å². The molecule has 4 aromatic rings. The number of fused-ring (bicyclic) bond motifs is 2. The summed E-state index contributed by atoms with van der Waals surface area (Å²) in [6.07, 6.45) is 0.799. The Morgan fingerprint density at radius 3 is 2.61 bits per heavy atom. The Morgan fingerprint density at radius 1 is 1.06 bits per heavy atom. The molecule has 31 heavy (non-hydrogen) atoms. The van der Waals surface area contributed by atoms with E-state index in [1.165, 1.54) is 0 Å². The molecule has 2 aliphatic heterocycles. The molecule has 0 saturated carbocycles. The van der Waals surface area contributed by atoms with Gasteiger partial charge in [-0.2, -0.15) is 9.97 Å². The first kappa shape index (κ1) is 18.7. The Bertz CT molecular complexity index is 1270. The summed E-state index contributed by atoms with van der Waals surface area (Å²) in [5.74, 6) is 3.98. The van der Waals surface area contributed by atoms with Crippen LogP contribution in [0.3, 0.4) is 0 Å². The van der Waals surface area contributed by atoms with Crippen molar-refractivity contribution in [1.82, 2.24) is 34.4 Å². The van der Waals surface area contributed by atoms with Crippen LogP contribution in [-0.4, -0.2) is 68.5 Å². The maximum Gasteiger partial charge on any atom is 0.239 e. The lowest BCUT2D eigenvalue weighted by Crippen LogP contribution is -2.41. The van der Waals surface area contributed by atoms with Gasteiger partial charge in [-0.25, -0.2) is 9.97 Å². The van der Waals surface area contributed by atoms with E-state index < -0.39 is 0 Å². The maximum atomic E-state index is 5.59. The molecule has 1 N–H and O–H groups in total. The number of morpholine rings is 1. The monoisotopic (exact) mass is 418 g/mol. The molecule has 9 nitrogen and oxygen atoms in total. The van der Waals surface area contributed by atoms with Crippen LogP contribution in [-0.2, 0) is 18.2 Å². The van der Waals surface area contributed by atoms with E-state index in [2.05, 4.69) is 39.4 Å². The molecule has 6 rings (SSSR count). The van der Waals surface area contributed by atoms with E-state index in [9.17, 15) is 0 Å². The average Bonchev–Trinajstić information content (AvgIpc) is 3.31. The SMILES string of the molecule is CCc1nc2ccccc2n1-c1nc(N2CCOCC2)c2nc(C3CNC3)n(C)c2n1. The molecular formula is C22H26N8O. The minimum atomic E-state index is 0.417. The number of para-hydroxylation sites is 2. The summed E-state index contributed by atoms with van der Waals surface area (Å²) < 4.78 is 9.82. The molecule has 0 bridgehead atoms. The molecule has 0 atom stereocenters. The van der Waals surface area contributed by atoms with Crippen LogP contribution < -0.4 is 10.2 Å². The lowest BCUT2D eigenvalue weighted by Gasteiger charge is -2.28. The van der Waals surface area contributed by atoms with Gasteiger partial charge in [-0.15, -0.1) is 0 Å². The van der Waals surface area contributed by atoms with Gasteiger partial charge in [0, 0.05) is 45.6 Å². The van der Waals surface area contributed by atoms with Crippen LogP contribution in [0.5, 0.6) is 0 Å². The maximum absolute atomic E-state index is 5.59. The van der Waals surface area contributed by atoms with Crippen molar-refractivity contribution in [1.29, 1.82) is 0 Å². The summed E-state index contributed by atoms with van der Waals surface area (Å²) in [6, 6.07) is 8.17. The molecule has 1 aromatic carbocycles. The first-order valence-electron chi connectivity index (χ1n) is 11.0. The Labute approximate surface area is 180 Å². The minimum Gasteiger partial charge on any atom is -0.378 e. The largest absolute Gasteiger partial charge is 0.378 e. The first-order valence-corrected chi connectivity index (χ1v) is 11.0. The average molecular weight is 419 g/mol. The third kappa shape index (κ3) is 2.91. The number of imidazole rings is 2. The number of aryl methyl sites for hydroxylation is 2. The fraction of sp³-hybridized carbons (Fsp3) is 0.455. The minimum absolute atomic E-state index is 0.417. The number of hydrogen-bond acceptors (Lipinski definition) is 7. The molecule has 9 heteroatoms. The first-order chi connectivity index (χ1) is 15.2. The summed E-state index contributed by atoms with van der Waals surface area (Å²) in [4.78, 5) is 22.2. The van der Waals surface area contributed by atoms with Gasteiger partial charge >= 0.3 is 0 Å². The van der Waals surface area contributed by atoms with Crippen molar-refractivity contribution in [2.75, 3.05) is 44.3 Å². The summed E-state index contributed by atoms with van der Waals surface area (Å²) in [6.45, 7) is 7.02. The second-order valence-corrected chi connectivity index (χ2v) is 8.21. The highest BCUT2D eigenvalue weighted by molar-refractivity contribution is 5.86. The predicted molar refractivity (Wildman–Crippen MR) is 119 cm³/mol. The van der Waals surface area contributed by atoms with Crippen LogP contribution in [0, 0.1) is 0 Å². The van der Waals surface area contributed by atoms with Crippen molar-refractivity contribution in [3.63, 3.8) is 0 Å². The third-order valence-corrected chi connectivity index (χ3v) is 6.33. The Kier molecular flexibility index (Phi) is 4.39. The molecule has 0 aliphatic carbocycles. The summed E-state index contributed by atoms with van der Waals surface area (Å²) in [5, 5.41) is 3.35. The predicted octanol–water partition coefficient (Wildman–Crippen LogP) is 1.79. The number of anilines is 1. The zero-order valence-electron chi connectivity index (χ0n) is 17.9. The van der Waals surface area contributed by atoms with Gasteiger partial charge in [-0.1, -0.05) is 19.1 Å². The second-order valence-electron chi connectivity index (χ2n) is 8.21. The smallest absolute Gasteiger partial charge is 0.239 e. The van der Waals surface area contributed by atoms with Gasteiger partial charge in [0.2, 0.25) is 5.95 Å². The molecule has 0 unspecified atom stereocenters. The summed E-state index contributed by atoms with van der Waals surface area (Å²) in [7, 11) is 2.07. The van der Waals surface area contributed by atoms with Crippen molar-refractivity contribution < 1.29 is 4.74 Å². The number of ether oxygens (including phenoxy) is 1. The van der Waals surface area contributed by atoms with Crippen molar-refractivity contribution in [2.24, 2.45) is 7.05 Å². The van der Waals surface area contributed by atoms with Crippen LogP contribution in [0.25, 0.3) is 28.1 Å². The molecule has 2 fully saturated rings. The Balaban J connectivity index is 1.61. The number of rotatable bonds is 4. The summed E-state index contributed by atoms with van der Waals surface area (Å²) >= 11 is 0. The van der Waals surface area contributed by atoms with Gasteiger partial charge in [0.25, 0.3) is 0 Å². The topological polar surface area (TPSA) is 85.9 Å². The Hall–Kier alpha value is -3.04. The Morgan fingerprint density at radius 2 is 1.87 bits per heavy atom. The molecule has 0 radical (unpaired) electrons. The fourth-order valence-electron chi connectivity index (χ4n) is 4.52. The van der Waals surface area contributed by atoms with Crippen LogP contribution in [0.15, 0.2) is 24.3 Å². The van der Waals surface area contributed by atoms with E-state index in [-0.39, 0.29) is 0 Å². The molecule has 3 aromatic heterocycles. The second kappa shape index (κ2) is 7.28. The fourth-order valence-corrected chi connectivity index (χ4v) is 4.52. The highest BCUT2D eigenvalue weighted by Crippen LogP contribution is 2.30. The quantitative estimate of drug-likeness (QED) is 0.541. The number of hydrogen-bond donors (Lipinski definition) is 1. The van der Waals surface area contributed by atoms with E-state index in [0.29, 0.717) is 25.1 Å². The molecule has 0 spiro atoms. The standard InChI is InChI=1S/C22H26N8O/c1-3-17-24-15-6-4-5-7-16(15)30(17)22-26-20-18(21(27-22)29-8-10-31-11-9-29)25-19(28(20)2)14-12-23-13-14/h4-7,14,23H,3,8-13H2,1-2H3. The van der Waals surface area contributed by atoms with E-state index >= 15 is 0 Å². The molecule has 2 saturated heterocycles. The lowest BCUT2D eigenvalue weighted by molar-refractivity contribution is 0.122. The number of nitrogens with zero attached hydrogens (tertiary/aromatic N) is 7. The van der Waals surface area contributed by atoms with Crippen molar-refractivity contribution in [2.45, 2.75) is 19.3 Å². The number of benzene rings is 1. The van der Waals surface area contributed by atoms with Crippen LogP contribution in [0.4, 0.5) is 5.82 Å². The lowest BCUT2D eigenvalue weighted by atomic mass is 10.0. The van der Waals surface area contributed by atoms with Crippen molar-refractivity contribution in [3.05, 3.63) is 35.9 Å². The van der Waals surface area contributed by atoms with Crippen molar-refractivity contribution >= 4 is 28.0 Å². The van der Waals surface area contributed by atoms with Crippen LogP contribution in [0.2, 0.25) is 0 Å². The van der Waals surface area contributed by atoms with Gasteiger partial charge in [0.05, 0.1) is 24.2 Å². The van der Waals surface area contributed by atoms with Gasteiger partial charge in [0.1, 0.15) is 11.6 Å². The van der Waals surface area contributed by atoms with Crippen molar-refractivity contribution in [3.8, 4) is 5.95 Å². The highest BCUT2D eigenvalue weighted by Gasteiger charge is 2.28. The number of nitrogens with one attached hydrogen (secondary N) is 1. The molecule has 0 amide bonds. The van der Waals surface area contributed by atoms with E-state index in [4.69, 9.17) is 24.7 Å². The zero-order valence-corrected chi connectivity index (χ0v) is 17.9. The van der Waals surface area contributed by atoms with Crippen LogP contribution >= 0.6 is 0 Å². The van der Waals surface area contributed by atoms with E-state index in [0.717, 1.165) is 72.3 Å². The molecular weight excluding hydrogens is 392 g/mol. The summed E-state index contributed by atoms with van der Waals surface area (Å²) in [5.41, 5.74) is 3.73. The van der Waals surface area contributed by atoms with E-state index in [1.807, 2.05) is 18.2 Å². The van der Waals surface area contributed by atoms with E-state index in [1.54, 1.807) is 0 Å². The van der Waals surface area contributed by atoms with Gasteiger partial charge in [0.15, 0.2) is 17.0 Å². The van der Waals surface area contributed by atoms with Crippen LogP contribution in [0.1, 0.15) is 24.5 Å². The normalized spacial score (nSPS) is 17.5. The zero-order chi connectivity index (χ0) is 20.9. The third-order valence-electron chi connectivity index (χ3n) is 6.33. The molecule has 2 aliphatic rings. The van der Waals surface area contributed by atoms with Gasteiger partial charge < -0.3 is 19.5 Å².